The molecule has 0 saturated carbocycles. The summed E-state index contributed by atoms with van der Waals surface area (Å²) in [5, 5.41) is 44.9. The number of rotatable bonds is 40. The molecule has 0 fully saturated rings. The molecule has 1 aliphatic heterocycles. The van der Waals surface area contributed by atoms with E-state index in [2.05, 4.69) is 52.8 Å². The fourth-order valence-electron chi connectivity index (χ4n) is 8.83. The van der Waals surface area contributed by atoms with E-state index in [1.807, 2.05) is 0 Å². The van der Waals surface area contributed by atoms with Crippen LogP contribution < -0.4 is 82.3 Å². The lowest BCUT2D eigenvalue weighted by Crippen LogP contribution is -2.62. The van der Waals surface area contributed by atoms with Crippen LogP contribution in [0.15, 0.2) is 28.8 Å². The van der Waals surface area contributed by atoms with Crippen molar-refractivity contribution in [2.24, 2.45) is 57.1 Å². The van der Waals surface area contributed by atoms with Crippen LogP contribution >= 0.6 is 0 Å². The van der Waals surface area contributed by atoms with Crippen molar-refractivity contribution in [2.45, 2.75) is 199 Å². The molecule has 0 spiro atoms. The van der Waals surface area contributed by atoms with Gasteiger partial charge in [-0.2, -0.15) is 4.58 Å². The van der Waals surface area contributed by atoms with E-state index in [9.17, 15) is 67.7 Å². The van der Waals surface area contributed by atoms with Gasteiger partial charge >= 0.3 is 5.91 Å². The average Bonchev–Trinajstić information content (AvgIpc) is 2.45. The Hall–Kier alpha value is -7.90. The van der Waals surface area contributed by atoms with Gasteiger partial charge in [0, 0.05) is 31.9 Å². The molecule has 0 bridgehead atoms. The lowest BCUT2D eigenvalue weighted by Gasteiger charge is -2.29. The summed E-state index contributed by atoms with van der Waals surface area (Å²) >= 11 is 0. The quantitative estimate of drug-likeness (QED) is 0.0118. The van der Waals surface area contributed by atoms with Gasteiger partial charge < -0.3 is 92.5 Å². The number of guanidine groups is 1. The fourth-order valence-corrected chi connectivity index (χ4v) is 8.83. The molecule has 0 aromatic heterocycles. The molecule has 1 aliphatic rings. The van der Waals surface area contributed by atoms with Crippen molar-refractivity contribution < 1.29 is 72.3 Å². The molecule has 87 heavy (non-hydrogen) atoms. The fraction of sp³-hybridized carbons (Fsp3) is 0.679. The molecule has 31 nitrogen and oxygen atoms in total. The molecule has 0 aromatic rings. The molecule has 0 saturated heterocycles. The molecule has 0 unspecified atom stereocenters. The molecular weight excluding hydrogens is 1130 g/mol. The highest BCUT2D eigenvalue weighted by atomic mass is 16.3. The van der Waals surface area contributed by atoms with Crippen molar-refractivity contribution in [2.75, 3.05) is 26.7 Å². The number of allylic oxidation sites excluding steroid dienone is 3. The van der Waals surface area contributed by atoms with Crippen LogP contribution in [0.3, 0.4) is 0 Å². The first-order valence-corrected chi connectivity index (χ1v) is 29.3. The molecule has 1 rings (SSSR count). The van der Waals surface area contributed by atoms with Crippen LogP contribution in [0.5, 0.6) is 0 Å². The summed E-state index contributed by atoms with van der Waals surface area (Å²) in [4.78, 5) is 166. The van der Waals surface area contributed by atoms with Gasteiger partial charge in [0.15, 0.2) is 18.2 Å². The van der Waals surface area contributed by atoms with E-state index < -0.39 is 157 Å². The first-order chi connectivity index (χ1) is 40.7. The van der Waals surface area contributed by atoms with Gasteiger partial charge in [0.2, 0.25) is 59.1 Å². The van der Waals surface area contributed by atoms with Gasteiger partial charge in [-0.3, -0.25) is 57.7 Å². The maximum atomic E-state index is 14.5. The number of hydrogen-bond acceptors (Lipinski definition) is 17. The summed E-state index contributed by atoms with van der Waals surface area (Å²) < 4.78 is 0.919. The maximum Gasteiger partial charge on any atom is 0.410 e. The molecule has 490 valence electrons. The van der Waals surface area contributed by atoms with Crippen molar-refractivity contribution in [3.8, 4) is 0 Å². The first-order valence-electron chi connectivity index (χ1n) is 29.3. The average molecular weight is 1230 g/mol. The molecule has 0 aromatic carbocycles. The zero-order valence-corrected chi connectivity index (χ0v) is 51.7. The zero-order valence-electron chi connectivity index (χ0n) is 51.7. The first kappa shape index (κ1) is 77.1. The van der Waals surface area contributed by atoms with E-state index >= 15 is 0 Å². The lowest BCUT2D eigenvalue weighted by atomic mass is 10.0. The van der Waals surface area contributed by atoms with Crippen LogP contribution in [-0.4, -0.2) is 191 Å². The Bertz CT molecular complexity index is 2500. The topological polar surface area (TPSA) is 525 Å². The summed E-state index contributed by atoms with van der Waals surface area (Å²) in [6, 6.07) is -14.4. The number of aliphatic imine (C=N–C) groups is 1. The number of carbonyl (C=O) groups excluding carboxylic acids is 12. The van der Waals surface area contributed by atoms with Gasteiger partial charge in [-0.1, -0.05) is 59.3 Å². The molecule has 11 atom stereocenters. The summed E-state index contributed by atoms with van der Waals surface area (Å²) in [6.45, 7) is 12.8. The normalized spacial score (nSPS) is 17.8. The molecule has 0 aliphatic carbocycles. The summed E-state index contributed by atoms with van der Waals surface area (Å²) in [6.07, 6.45) is 3.42. The van der Waals surface area contributed by atoms with E-state index in [1.54, 1.807) is 67.7 Å². The highest BCUT2D eigenvalue weighted by Gasteiger charge is 2.42. The van der Waals surface area contributed by atoms with Crippen molar-refractivity contribution in [1.82, 2.24) is 47.9 Å². The second kappa shape index (κ2) is 39.7. The highest BCUT2D eigenvalue weighted by Crippen LogP contribution is 2.15. The van der Waals surface area contributed by atoms with Crippen molar-refractivity contribution in [3.63, 3.8) is 0 Å². The van der Waals surface area contributed by atoms with Crippen LogP contribution in [0.1, 0.15) is 132 Å². The van der Waals surface area contributed by atoms with E-state index in [1.165, 1.54) is 19.2 Å². The van der Waals surface area contributed by atoms with Gasteiger partial charge in [-0.15, -0.1) is 0 Å². The number of nitrogens with two attached hydrogens (primary N) is 6. The number of nitrogens with one attached hydrogen (secondary N) is 9. The van der Waals surface area contributed by atoms with Crippen LogP contribution in [0.2, 0.25) is 0 Å². The number of aliphatic hydroxyl groups excluding tert-OH is 2. The standard InChI is InChI=1S/C56H97N17O14/c1-29(2)25-38(46(60)78)69-52(84)41(28-74)73-24-13-11-15-32(7)27-40(55(73)87)71-48(80)35(17-14-23-64-56(61)62)65-47(79)34(16-10-12-22-63-9)68-54(86)45(33(8)75)72-51(83)39(26-30(3)4)70-50(82)36(18-20-42(57)76)66-49(81)37(19-21-43(58)77)67-53(85)44(59)31(5)6/h11,13,15,24,29-31,33-41,44-45,63,74-75H,10,12,14,16-23,25-28,59H2,1-9H3,(H17-,57,58,60,61,62,64,65,66,67,68,69,70,71,72,76,77,78,79,80,81,82,83,84,85,86)/p+1/b13-11-,32-15+,73-24?/t33-,34+,35+,36+,37+,38+,39+,40+,41+,44+,45+/m1/s1. The van der Waals surface area contributed by atoms with Gasteiger partial charge in [0.1, 0.15) is 48.9 Å². The number of primary amides is 3. The number of aliphatic hydroxyl groups is 2. The second-order valence-corrected chi connectivity index (χ2v) is 22.8. The van der Waals surface area contributed by atoms with Crippen LogP contribution in [-0.2, 0) is 57.5 Å². The third-order valence-corrected chi connectivity index (χ3v) is 13.7. The summed E-state index contributed by atoms with van der Waals surface area (Å²) in [7, 11) is 1.70. The molecule has 1 heterocycles. The van der Waals surface area contributed by atoms with E-state index in [4.69, 9.17) is 34.4 Å². The third-order valence-electron chi connectivity index (χ3n) is 13.7. The minimum absolute atomic E-state index is 0.00939. The van der Waals surface area contributed by atoms with Gasteiger partial charge in [-0.25, -0.2) is 4.79 Å². The Labute approximate surface area is 508 Å². The Morgan fingerprint density at radius 1 is 0.609 bits per heavy atom. The zero-order chi connectivity index (χ0) is 66.2. The molecular formula is C56H98N17O14+. The summed E-state index contributed by atoms with van der Waals surface area (Å²) in [5.41, 5.74) is 34.0. The number of nitrogens with zero attached hydrogens (tertiary/aromatic N) is 2. The number of carbonyl (C=O) groups is 12. The SMILES string of the molecule is CNCCCC[C@H](NC(=O)[C@@H](NC(=O)[C@H](CC(C)C)NC(=O)[C@H](CCC(N)=O)NC(=O)[C@H](CCC(N)=O)NC(=O)[C@@H](N)C(C)C)[C@@H](C)O)C(=O)N[C@@H](CCCN=C(N)N)C(=O)N[C@H]1C/C(C)=C/C=C\C=[N+]([C@@H](CO)C(=O)N[C@@H](CC(C)C)C(N)=O)C1=O. The van der Waals surface area contributed by atoms with Crippen LogP contribution in [0.25, 0.3) is 0 Å². The Kier molecular flexibility index (Phi) is 35.2. The molecule has 31 heteroatoms. The van der Waals surface area contributed by atoms with Crippen molar-refractivity contribution in [1.29, 1.82) is 0 Å². The minimum atomic E-state index is -1.80. The largest absolute Gasteiger partial charge is 0.410 e. The molecule has 0 radical (unpaired) electrons. The van der Waals surface area contributed by atoms with Gasteiger partial charge in [0.05, 0.1) is 12.1 Å². The smallest absolute Gasteiger partial charge is 0.391 e. The van der Waals surface area contributed by atoms with E-state index in [0.29, 0.717) is 25.0 Å². The highest BCUT2D eigenvalue weighted by molar-refractivity contribution is 5.98. The Balaban J connectivity index is 3.71. The second-order valence-electron chi connectivity index (χ2n) is 22.8. The predicted octanol–water partition coefficient (Wildman–Crippen LogP) is -5.34. The predicted molar refractivity (Wildman–Crippen MR) is 322 cm³/mol. The lowest BCUT2D eigenvalue weighted by molar-refractivity contribution is -0.476. The number of hydrogen-bond donors (Lipinski definition) is 17. The third kappa shape index (κ3) is 29.4. The molecule has 23 N–H and O–H groups in total. The van der Waals surface area contributed by atoms with Crippen LogP contribution in [0, 0.1) is 17.8 Å². The monoisotopic (exact) mass is 1230 g/mol. The van der Waals surface area contributed by atoms with Crippen molar-refractivity contribution in [3.05, 3.63) is 23.8 Å². The Morgan fingerprint density at radius 3 is 1.56 bits per heavy atom. The maximum absolute atomic E-state index is 14.5. The van der Waals surface area contributed by atoms with Gasteiger partial charge in [-0.05, 0) is 103 Å². The Morgan fingerprint density at radius 2 is 1.08 bits per heavy atom. The van der Waals surface area contributed by atoms with E-state index in [-0.39, 0.29) is 81.6 Å². The van der Waals surface area contributed by atoms with E-state index in [0.717, 1.165) is 4.58 Å². The molecule has 12 amide bonds. The number of unbranched alkanes of at least 4 members (excludes halogenated alkanes) is 1. The minimum Gasteiger partial charge on any atom is -0.391 e. The number of amides is 12. The van der Waals surface area contributed by atoms with Crippen molar-refractivity contribution >= 4 is 83.1 Å². The summed E-state index contributed by atoms with van der Waals surface area (Å²) in [5.74, 6) is -11.8. The van der Waals surface area contributed by atoms with Gasteiger partial charge in [0.25, 0.3) is 11.9 Å². The van der Waals surface area contributed by atoms with Crippen LogP contribution in [0.4, 0.5) is 0 Å².